The van der Waals surface area contributed by atoms with Crippen molar-refractivity contribution in [1.29, 1.82) is 0 Å². The monoisotopic (exact) mass is 200 g/mol. The molecule has 0 aliphatic heterocycles. The maximum atomic E-state index is 11.2. The van der Waals surface area contributed by atoms with Crippen molar-refractivity contribution in [1.82, 2.24) is 0 Å². The van der Waals surface area contributed by atoms with Gasteiger partial charge in [0.2, 0.25) is 0 Å². The number of carbonyl (C=O) groups is 1. The summed E-state index contributed by atoms with van der Waals surface area (Å²) in [4.78, 5) is 11.9. The van der Waals surface area contributed by atoms with Crippen molar-refractivity contribution in [2.45, 2.75) is 18.2 Å². The predicted octanol–water partition coefficient (Wildman–Crippen LogP) is 3.22. The topological polar surface area (TPSA) is 17.1 Å². The van der Waals surface area contributed by atoms with E-state index in [-0.39, 0.29) is 5.78 Å². The fourth-order valence-corrected chi connectivity index (χ4v) is 1.20. The van der Waals surface area contributed by atoms with E-state index in [1.54, 1.807) is 18.2 Å². The molecule has 0 unspecified atom stereocenters. The summed E-state index contributed by atoms with van der Waals surface area (Å²) >= 11 is 9.89. The third-order valence-corrected chi connectivity index (χ3v) is 2.43. The standard InChI is InChI=1S/C9H9ClOS/c1-2-8(11)6-3-4-9(12)7(10)5-6/h3-5,12H,2H2,1H3. The Morgan fingerprint density at radius 3 is 2.75 bits per heavy atom. The first-order chi connectivity index (χ1) is 5.65. The highest BCUT2D eigenvalue weighted by Crippen LogP contribution is 2.21. The fourth-order valence-electron chi connectivity index (χ4n) is 0.884. The van der Waals surface area contributed by atoms with Crippen LogP contribution in [0.25, 0.3) is 0 Å². The molecule has 0 heterocycles. The summed E-state index contributed by atoms with van der Waals surface area (Å²) in [6.45, 7) is 1.82. The van der Waals surface area contributed by atoms with E-state index in [9.17, 15) is 4.79 Å². The van der Waals surface area contributed by atoms with Gasteiger partial charge in [0, 0.05) is 16.9 Å². The Morgan fingerprint density at radius 2 is 2.25 bits per heavy atom. The van der Waals surface area contributed by atoms with Gasteiger partial charge in [0.15, 0.2) is 5.78 Å². The van der Waals surface area contributed by atoms with Crippen molar-refractivity contribution in [3.05, 3.63) is 28.8 Å². The first-order valence-electron chi connectivity index (χ1n) is 3.67. The smallest absolute Gasteiger partial charge is 0.162 e. The Labute approximate surface area is 82.1 Å². The fraction of sp³-hybridized carbons (Fsp3) is 0.222. The van der Waals surface area contributed by atoms with Crippen LogP contribution in [0.3, 0.4) is 0 Å². The SMILES string of the molecule is CCC(=O)c1ccc(S)c(Cl)c1. The minimum Gasteiger partial charge on any atom is -0.294 e. The van der Waals surface area contributed by atoms with Crippen LogP contribution in [-0.4, -0.2) is 5.78 Å². The zero-order valence-corrected chi connectivity index (χ0v) is 8.32. The molecule has 0 saturated carbocycles. The van der Waals surface area contributed by atoms with Crippen LogP contribution in [0.5, 0.6) is 0 Å². The lowest BCUT2D eigenvalue weighted by atomic mass is 10.1. The van der Waals surface area contributed by atoms with Gasteiger partial charge >= 0.3 is 0 Å². The molecular weight excluding hydrogens is 192 g/mol. The van der Waals surface area contributed by atoms with Gasteiger partial charge in [-0.15, -0.1) is 12.6 Å². The maximum absolute atomic E-state index is 11.2. The second kappa shape index (κ2) is 3.97. The number of rotatable bonds is 2. The lowest BCUT2D eigenvalue weighted by Gasteiger charge is -2.00. The van der Waals surface area contributed by atoms with Crippen molar-refractivity contribution < 1.29 is 4.79 Å². The second-order valence-corrected chi connectivity index (χ2v) is 3.33. The number of carbonyl (C=O) groups excluding carboxylic acids is 1. The summed E-state index contributed by atoms with van der Waals surface area (Å²) in [5, 5.41) is 0.526. The average Bonchev–Trinajstić information content (AvgIpc) is 2.08. The summed E-state index contributed by atoms with van der Waals surface area (Å²) in [5.74, 6) is 0.102. The highest BCUT2D eigenvalue weighted by atomic mass is 35.5. The summed E-state index contributed by atoms with van der Waals surface area (Å²) < 4.78 is 0. The van der Waals surface area contributed by atoms with Crippen LogP contribution in [0.1, 0.15) is 23.7 Å². The molecule has 0 aromatic heterocycles. The van der Waals surface area contributed by atoms with Gasteiger partial charge in [-0.3, -0.25) is 4.79 Å². The Hall–Kier alpha value is -0.470. The second-order valence-electron chi connectivity index (χ2n) is 2.44. The summed E-state index contributed by atoms with van der Waals surface area (Å²) in [5.41, 5.74) is 0.653. The van der Waals surface area contributed by atoms with Gasteiger partial charge in [-0.25, -0.2) is 0 Å². The van der Waals surface area contributed by atoms with E-state index in [4.69, 9.17) is 11.6 Å². The molecule has 0 N–H and O–H groups in total. The van der Waals surface area contributed by atoms with Crippen LogP contribution < -0.4 is 0 Å². The van der Waals surface area contributed by atoms with Crippen LogP contribution in [0.15, 0.2) is 23.1 Å². The molecule has 1 aromatic rings. The number of hydrogen-bond acceptors (Lipinski definition) is 2. The molecule has 0 aliphatic rings. The highest BCUT2D eigenvalue weighted by molar-refractivity contribution is 7.80. The number of hydrogen-bond donors (Lipinski definition) is 1. The van der Waals surface area contributed by atoms with Crippen LogP contribution in [0, 0.1) is 0 Å². The van der Waals surface area contributed by atoms with Gasteiger partial charge in [-0.2, -0.15) is 0 Å². The van der Waals surface area contributed by atoms with Crippen LogP contribution in [-0.2, 0) is 0 Å². The number of Topliss-reactive ketones (excluding diaryl/α,β-unsaturated/α-hetero) is 1. The van der Waals surface area contributed by atoms with Crippen LogP contribution >= 0.6 is 24.2 Å². The molecule has 0 amide bonds. The van der Waals surface area contributed by atoms with Gasteiger partial charge in [0.25, 0.3) is 0 Å². The number of benzene rings is 1. The number of thiol groups is 1. The van der Waals surface area contributed by atoms with E-state index in [1.807, 2.05) is 6.92 Å². The minimum absolute atomic E-state index is 0.102. The Balaban J connectivity index is 3.05. The van der Waals surface area contributed by atoms with E-state index in [0.717, 1.165) is 0 Å². The zero-order valence-electron chi connectivity index (χ0n) is 6.67. The molecule has 1 rings (SSSR count). The molecule has 0 fully saturated rings. The van der Waals surface area contributed by atoms with Crippen molar-refractivity contribution in [3.8, 4) is 0 Å². The van der Waals surface area contributed by atoms with Crippen molar-refractivity contribution >= 4 is 30.0 Å². The van der Waals surface area contributed by atoms with Crippen molar-refractivity contribution in [3.63, 3.8) is 0 Å². The van der Waals surface area contributed by atoms with Crippen molar-refractivity contribution in [2.24, 2.45) is 0 Å². The van der Waals surface area contributed by atoms with Crippen molar-refractivity contribution in [2.75, 3.05) is 0 Å². The molecule has 0 saturated heterocycles. The molecule has 0 radical (unpaired) electrons. The molecule has 12 heavy (non-hydrogen) atoms. The van der Waals surface area contributed by atoms with E-state index in [2.05, 4.69) is 12.6 Å². The minimum atomic E-state index is 0.102. The molecule has 1 nitrogen and oxygen atoms in total. The summed E-state index contributed by atoms with van der Waals surface area (Å²) in [6, 6.07) is 5.12. The number of halogens is 1. The molecule has 1 aromatic carbocycles. The Kier molecular flexibility index (Phi) is 3.18. The Bertz CT molecular complexity index is 309. The van der Waals surface area contributed by atoms with E-state index >= 15 is 0 Å². The van der Waals surface area contributed by atoms with E-state index in [0.29, 0.717) is 21.9 Å². The van der Waals surface area contributed by atoms with Gasteiger partial charge in [0.05, 0.1) is 5.02 Å². The zero-order chi connectivity index (χ0) is 9.14. The quantitative estimate of drug-likeness (QED) is 0.573. The average molecular weight is 201 g/mol. The lowest BCUT2D eigenvalue weighted by Crippen LogP contribution is -1.95. The third-order valence-electron chi connectivity index (χ3n) is 1.59. The van der Waals surface area contributed by atoms with Gasteiger partial charge < -0.3 is 0 Å². The number of ketones is 1. The summed E-state index contributed by atoms with van der Waals surface area (Å²) in [7, 11) is 0. The van der Waals surface area contributed by atoms with Gasteiger partial charge in [0.1, 0.15) is 0 Å². The maximum Gasteiger partial charge on any atom is 0.162 e. The molecule has 0 atom stereocenters. The van der Waals surface area contributed by atoms with Gasteiger partial charge in [-0.1, -0.05) is 24.6 Å². The lowest BCUT2D eigenvalue weighted by molar-refractivity contribution is 0.0988. The highest BCUT2D eigenvalue weighted by Gasteiger charge is 2.04. The Morgan fingerprint density at radius 1 is 1.58 bits per heavy atom. The first-order valence-corrected chi connectivity index (χ1v) is 4.49. The molecule has 3 heteroatoms. The van der Waals surface area contributed by atoms with Crippen LogP contribution in [0.4, 0.5) is 0 Å². The van der Waals surface area contributed by atoms with Gasteiger partial charge in [-0.05, 0) is 12.1 Å². The predicted molar refractivity (Wildman–Crippen MR) is 53.3 cm³/mol. The summed E-state index contributed by atoms with van der Waals surface area (Å²) in [6.07, 6.45) is 0.502. The molecule has 0 spiro atoms. The molecule has 64 valence electrons. The van der Waals surface area contributed by atoms with E-state index < -0.39 is 0 Å². The molecule has 0 bridgehead atoms. The van der Waals surface area contributed by atoms with E-state index in [1.165, 1.54) is 0 Å². The third kappa shape index (κ3) is 2.02. The largest absolute Gasteiger partial charge is 0.294 e. The normalized spacial score (nSPS) is 9.92. The first kappa shape index (κ1) is 9.62. The molecular formula is C9H9ClOS. The molecule has 0 aliphatic carbocycles. The van der Waals surface area contributed by atoms with Crippen LogP contribution in [0.2, 0.25) is 5.02 Å².